The zero-order chi connectivity index (χ0) is 27.1. The van der Waals surface area contributed by atoms with E-state index in [0.29, 0.717) is 38.2 Å². The Hall–Kier alpha value is -2.59. The lowest BCUT2D eigenvalue weighted by Crippen LogP contribution is -2.50. The molecule has 3 aliphatic rings. The highest BCUT2D eigenvalue weighted by Crippen LogP contribution is 2.45. The van der Waals surface area contributed by atoms with Crippen LogP contribution in [0.2, 0.25) is 10.0 Å². The summed E-state index contributed by atoms with van der Waals surface area (Å²) in [6, 6.07) is 10.8. The van der Waals surface area contributed by atoms with E-state index in [1.165, 1.54) is 42.7 Å². The summed E-state index contributed by atoms with van der Waals surface area (Å²) in [5.74, 6) is -1.28. The van der Waals surface area contributed by atoms with Gasteiger partial charge < -0.3 is 10.2 Å². The average Bonchev–Trinajstić information content (AvgIpc) is 3.46. The van der Waals surface area contributed by atoms with Crippen molar-refractivity contribution >= 4 is 58.1 Å². The standard InChI is InChI=1S/C28H27Cl2F2N5OS/c29-19-6-3-7-20(30)26(19)37-23-15-24(36-12-10-35(11-13-36)18-4-1-2-5-18)27(34-22(23)16-33-28(37)38)39-25-9-8-17(31)14-21(25)32/h3,6-9,14-15,18H,1-2,4-5,10-13,16H2,(H,33,38). The van der Waals surface area contributed by atoms with Crippen LogP contribution in [0.3, 0.4) is 0 Å². The monoisotopic (exact) mass is 589 g/mol. The minimum Gasteiger partial charge on any atom is -0.367 e. The summed E-state index contributed by atoms with van der Waals surface area (Å²) < 4.78 is 28.3. The van der Waals surface area contributed by atoms with E-state index in [2.05, 4.69) is 15.1 Å². The van der Waals surface area contributed by atoms with Gasteiger partial charge >= 0.3 is 6.03 Å². The van der Waals surface area contributed by atoms with Crippen LogP contribution in [0.1, 0.15) is 31.4 Å². The molecular formula is C28H27Cl2F2N5OS. The van der Waals surface area contributed by atoms with Gasteiger partial charge in [0.15, 0.2) is 0 Å². The minimum absolute atomic E-state index is 0.196. The fourth-order valence-electron chi connectivity index (χ4n) is 5.67. The maximum absolute atomic E-state index is 14.7. The zero-order valence-corrected chi connectivity index (χ0v) is 23.4. The van der Waals surface area contributed by atoms with Crippen LogP contribution in [0.15, 0.2) is 52.4 Å². The first-order chi connectivity index (χ1) is 18.9. The Morgan fingerprint density at radius 3 is 2.36 bits per heavy atom. The molecule has 2 fully saturated rings. The lowest BCUT2D eigenvalue weighted by molar-refractivity contribution is 0.187. The van der Waals surface area contributed by atoms with Gasteiger partial charge in [-0.05, 0) is 43.2 Å². The number of hydrogen-bond acceptors (Lipinski definition) is 5. The molecular weight excluding hydrogens is 563 g/mol. The molecule has 2 amide bonds. The van der Waals surface area contributed by atoms with Crippen molar-refractivity contribution in [3.8, 4) is 0 Å². The largest absolute Gasteiger partial charge is 0.367 e. The number of hydrogen-bond donors (Lipinski definition) is 1. The topological polar surface area (TPSA) is 51.7 Å². The number of nitrogens with zero attached hydrogens (tertiary/aromatic N) is 4. The lowest BCUT2D eigenvalue weighted by Gasteiger charge is -2.40. The van der Waals surface area contributed by atoms with Gasteiger partial charge in [0.1, 0.15) is 16.7 Å². The number of piperazine rings is 1. The van der Waals surface area contributed by atoms with Crippen molar-refractivity contribution in [1.82, 2.24) is 15.2 Å². The summed E-state index contributed by atoms with van der Waals surface area (Å²) in [4.78, 5) is 24.6. The molecule has 1 aliphatic carbocycles. The number of aromatic nitrogens is 1. The summed E-state index contributed by atoms with van der Waals surface area (Å²) in [6.07, 6.45) is 5.06. The van der Waals surface area contributed by atoms with Gasteiger partial charge in [0.25, 0.3) is 0 Å². The summed E-state index contributed by atoms with van der Waals surface area (Å²) in [7, 11) is 0. The van der Waals surface area contributed by atoms with Crippen LogP contribution in [0.25, 0.3) is 0 Å². The van der Waals surface area contributed by atoms with Crippen molar-refractivity contribution in [3.63, 3.8) is 0 Å². The third kappa shape index (κ3) is 5.29. The van der Waals surface area contributed by atoms with Gasteiger partial charge in [0.2, 0.25) is 0 Å². The quantitative estimate of drug-likeness (QED) is 0.340. The van der Waals surface area contributed by atoms with Gasteiger partial charge in [0, 0.05) is 43.2 Å². The first kappa shape index (κ1) is 26.6. The van der Waals surface area contributed by atoms with E-state index in [-0.39, 0.29) is 17.5 Å². The molecule has 204 valence electrons. The highest BCUT2D eigenvalue weighted by molar-refractivity contribution is 7.99. The number of amides is 2. The Morgan fingerprint density at radius 2 is 1.67 bits per heavy atom. The molecule has 1 aromatic heterocycles. The number of carbonyl (C=O) groups is 1. The van der Waals surface area contributed by atoms with E-state index in [1.54, 1.807) is 18.2 Å². The Bertz CT molecular complexity index is 1390. The number of para-hydroxylation sites is 1. The third-order valence-corrected chi connectivity index (χ3v) is 9.29. The molecule has 0 atom stereocenters. The first-order valence-corrected chi connectivity index (χ1v) is 14.6. The van der Waals surface area contributed by atoms with Crippen molar-refractivity contribution in [2.24, 2.45) is 0 Å². The number of nitrogens with one attached hydrogen (secondary N) is 1. The predicted molar refractivity (Wildman–Crippen MR) is 152 cm³/mol. The van der Waals surface area contributed by atoms with E-state index < -0.39 is 11.6 Å². The molecule has 6 nitrogen and oxygen atoms in total. The number of rotatable bonds is 5. The lowest BCUT2D eigenvalue weighted by atomic mass is 10.1. The van der Waals surface area contributed by atoms with E-state index in [0.717, 1.165) is 49.7 Å². The average molecular weight is 591 g/mol. The zero-order valence-electron chi connectivity index (χ0n) is 21.1. The van der Waals surface area contributed by atoms with Crippen LogP contribution in [-0.2, 0) is 6.54 Å². The number of halogens is 4. The number of carbonyl (C=O) groups excluding carboxylic acids is 1. The van der Waals surface area contributed by atoms with Crippen LogP contribution < -0.4 is 15.1 Å². The van der Waals surface area contributed by atoms with Gasteiger partial charge in [-0.15, -0.1) is 0 Å². The highest BCUT2D eigenvalue weighted by Gasteiger charge is 2.33. The normalized spacial score (nSPS) is 18.4. The van der Waals surface area contributed by atoms with Crippen molar-refractivity contribution in [1.29, 1.82) is 0 Å². The summed E-state index contributed by atoms with van der Waals surface area (Å²) >= 11 is 14.2. The fraction of sp³-hybridized carbons (Fsp3) is 0.357. The number of anilines is 3. The predicted octanol–water partition coefficient (Wildman–Crippen LogP) is 7.24. The van der Waals surface area contributed by atoms with Crippen LogP contribution >= 0.6 is 35.0 Å². The third-order valence-electron chi connectivity index (χ3n) is 7.63. The Labute approximate surface area is 240 Å². The van der Waals surface area contributed by atoms with E-state index in [9.17, 15) is 13.6 Å². The first-order valence-electron chi connectivity index (χ1n) is 13.1. The molecule has 0 radical (unpaired) electrons. The second-order valence-electron chi connectivity index (χ2n) is 9.98. The molecule has 0 spiro atoms. The molecule has 0 unspecified atom stereocenters. The fourth-order valence-corrected chi connectivity index (χ4v) is 7.18. The second kappa shape index (κ2) is 11.1. The smallest absolute Gasteiger partial charge is 0.326 e. The molecule has 39 heavy (non-hydrogen) atoms. The van der Waals surface area contributed by atoms with E-state index in [1.807, 2.05) is 6.07 Å². The van der Waals surface area contributed by atoms with Crippen LogP contribution in [-0.4, -0.2) is 48.1 Å². The summed E-state index contributed by atoms with van der Waals surface area (Å²) in [6.45, 7) is 3.57. The van der Waals surface area contributed by atoms with Crippen molar-refractivity contribution < 1.29 is 13.6 Å². The van der Waals surface area contributed by atoms with Crippen LogP contribution in [0, 0.1) is 11.6 Å². The van der Waals surface area contributed by atoms with Gasteiger partial charge in [0.05, 0.1) is 39.3 Å². The van der Waals surface area contributed by atoms with Crippen molar-refractivity contribution in [2.75, 3.05) is 36.0 Å². The van der Waals surface area contributed by atoms with E-state index >= 15 is 0 Å². The minimum atomic E-state index is -0.644. The summed E-state index contributed by atoms with van der Waals surface area (Å²) in [5.41, 5.74) is 2.34. The van der Waals surface area contributed by atoms with Gasteiger partial charge in [-0.2, -0.15) is 0 Å². The van der Waals surface area contributed by atoms with Crippen LogP contribution in [0.4, 0.5) is 30.6 Å². The number of urea groups is 1. The molecule has 2 aromatic carbocycles. The Kier molecular flexibility index (Phi) is 7.59. The van der Waals surface area contributed by atoms with E-state index in [4.69, 9.17) is 28.2 Å². The maximum atomic E-state index is 14.7. The number of pyridine rings is 1. The molecule has 11 heteroatoms. The second-order valence-corrected chi connectivity index (χ2v) is 11.8. The van der Waals surface area contributed by atoms with Crippen LogP contribution in [0.5, 0.6) is 0 Å². The molecule has 2 aliphatic heterocycles. The Balaban J connectivity index is 1.41. The highest BCUT2D eigenvalue weighted by atomic mass is 35.5. The van der Waals surface area contributed by atoms with Crippen molar-refractivity contribution in [3.05, 3.63) is 69.8 Å². The molecule has 6 rings (SSSR count). The van der Waals surface area contributed by atoms with Gasteiger partial charge in [-0.3, -0.25) is 9.80 Å². The SMILES string of the molecule is O=C1NCc2nc(Sc3ccc(F)cc3F)c(N3CCN(C4CCCC4)CC3)cc2N1c1c(Cl)cccc1Cl. The molecule has 1 N–H and O–H groups in total. The molecule has 3 aromatic rings. The number of benzene rings is 2. The maximum Gasteiger partial charge on any atom is 0.326 e. The summed E-state index contributed by atoms with van der Waals surface area (Å²) in [5, 5.41) is 4.11. The number of fused-ring (bicyclic) bond motifs is 1. The molecule has 1 saturated carbocycles. The molecule has 3 heterocycles. The van der Waals surface area contributed by atoms with Gasteiger partial charge in [-0.25, -0.2) is 18.6 Å². The molecule has 0 bridgehead atoms. The van der Waals surface area contributed by atoms with Crippen molar-refractivity contribution in [2.45, 2.75) is 48.2 Å². The van der Waals surface area contributed by atoms with Gasteiger partial charge in [-0.1, -0.05) is 53.9 Å². The molecule has 1 saturated heterocycles. The Morgan fingerprint density at radius 1 is 0.949 bits per heavy atom.